The first-order chi connectivity index (χ1) is 9.85. The van der Waals surface area contributed by atoms with E-state index in [1.54, 1.807) is 0 Å². The van der Waals surface area contributed by atoms with Crippen molar-refractivity contribution >= 4 is 15.9 Å². The fourth-order valence-electron chi connectivity index (χ4n) is 2.41. The van der Waals surface area contributed by atoms with E-state index in [4.69, 9.17) is 4.74 Å². The largest absolute Gasteiger partial charge is 0.379 e. The molecular weight excluding hydrogens is 328 g/mol. The zero-order valence-electron chi connectivity index (χ0n) is 13.6. The van der Waals surface area contributed by atoms with E-state index in [1.807, 2.05) is 0 Å². The van der Waals surface area contributed by atoms with Crippen LogP contribution in [0.1, 0.15) is 38.8 Å². The van der Waals surface area contributed by atoms with Crippen molar-refractivity contribution in [1.82, 2.24) is 10.2 Å². The minimum Gasteiger partial charge on any atom is -0.379 e. The molecule has 0 saturated carbocycles. The van der Waals surface area contributed by atoms with Crippen molar-refractivity contribution in [3.05, 3.63) is 33.8 Å². The summed E-state index contributed by atoms with van der Waals surface area (Å²) in [4.78, 5) is 2.48. The van der Waals surface area contributed by atoms with Crippen molar-refractivity contribution in [2.24, 2.45) is 0 Å². The van der Waals surface area contributed by atoms with Crippen LogP contribution >= 0.6 is 15.9 Å². The van der Waals surface area contributed by atoms with Crippen LogP contribution in [0.3, 0.4) is 0 Å². The predicted molar refractivity (Wildman–Crippen MR) is 91.4 cm³/mol. The number of nitrogens with one attached hydrogen (secondary N) is 1. The lowest BCUT2D eigenvalue weighted by atomic mass is 10.1. The van der Waals surface area contributed by atoms with E-state index in [9.17, 15) is 0 Å². The van der Waals surface area contributed by atoms with Crippen molar-refractivity contribution in [2.75, 3.05) is 19.8 Å². The maximum Gasteiger partial charge on any atom is 0.0619 e. The summed E-state index contributed by atoms with van der Waals surface area (Å²) in [6.45, 7) is 13.4. The van der Waals surface area contributed by atoms with Gasteiger partial charge in [-0.3, -0.25) is 4.90 Å². The molecule has 1 N–H and O–H groups in total. The Labute approximate surface area is 137 Å². The molecule has 1 aliphatic heterocycles. The third kappa shape index (κ3) is 5.37. The van der Waals surface area contributed by atoms with Gasteiger partial charge in [-0.15, -0.1) is 0 Å². The van der Waals surface area contributed by atoms with Crippen LogP contribution in [0.15, 0.2) is 22.7 Å². The molecule has 2 rings (SSSR count). The molecule has 0 amide bonds. The Kier molecular flexibility index (Phi) is 5.83. The van der Waals surface area contributed by atoms with Crippen molar-refractivity contribution in [2.45, 2.75) is 52.4 Å². The predicted octanol–water partition coefficient (Wildman–Crippen LogP) is 3.56. The highest BCUT2D eigenvalue weighted by molar-refractivity contribution is 9.10. The first-order valence-electron chi connectivity index (χ1n) is 7.69. The van der Waals surface area contributed by atoms with Gasteiger partial charge in [-0.25, -0.2) is 0 Å². The number of nitrogens with zero attached hydrogens (tertiary/aromatic N) is 1. The van der Waals surface area contributed by atoms with Gasteiger partial charge in [-0.1, -0.05) is 28.1 Å². The van der Waals surface area contributed by atoms with Crippen LogP contribution in [0.2, 0.25) is 0 Å². The molecule has 3 nitrogen and oxygen atoms in total. The third-order valence-electron chi connectivity index (χ3n) is 3.82. The molecule has 1 fully saturated rings. The van der Waals surface area contributed by atoms with E-state index in [-0.39, 0.29) is 5.54 Å². The maximum absolute atomic E-state index is 5.50. The van der Waals surface area contributed by atoms with Gasteiger partial charge in [-0.05, 0) is 44.9 Å². The summed E-state index contributed by atoms with van der Waals surface area (Å²) >= 11 is 3.73. The summed E-state index contributed by atoms with van der Waals surface area (Å²) in [6.07, 6.45) is 0. The molecule has 1 aliphatic rings. The Morgan fingerprint density at radius 2 is 2.14 bits per heavy atom. The summed E-state index contributed by atoms with van der Waals surface area (Å²) in [6, 6.07) is 7.20. The fraction of sp³-hybridized carbons (Fsp3) is 0.647. The van der Waals surface area contributed by atoms with Crippen LogP contribution in [0.5, 0.6) is 0 Å². The quantitative estimate of drug-likeness (QED) is 0.894. The van der Waals surface area contributed by atoms with Crippen LogP contribution in [0.4, 0.5) is 0 Å². The van der Waals surface area contributed by atoms with Crippen molar-refractivity contribution in [1.29, 1.82) is 0 Å². The Hall–Kier alpha value is -0.420. The Morgan fingerprint density at radius 1 is 1.38 bits per heavy atom. The normalized spacial score (nSPS) is 20.7. The average Bonchev–Trinajstić information content (AvgIpc) is 2.41. The molecule has 118 valence electrons. The Morgan fingerprint density at radius 3 is 2.76 bits per heavy atom. The van der Waals surface area contributed by atoms with Gasteiger partial charge >= 0.3 is 0 Å². The van der Waals surface area contributed by atoms with Crippen molar-refractivity contribution in [3.63, 3.8) is 0 Å². The molecule has 4 heteroatoms. The van der Waals surface area contributed by atoms with E-state index in [0.717, 1.165) is 32.8 Å². The molecule has 21 heavy (non-hydrogen) atoms. The van der Waals surface area contributed by atoms with Crippen LogP contribution in [0, 0.1) is 0 Å². The molecule has 1 heterocycles. The highest BCUT2D eigenvalue weighted by atomic mass is 79.9. The molecule has 0 bridgehead atoms. The second kappa shape index (κ2) is 7.23. The minimum absolute atomic E-state index is 0.147. The maximum atomic E-state index is 5.50. The number of benzene rings is 1. The number of rotatable bonds is 4. The van der Waals surface area contributed by atoms with Crippen LogP contribution in [-0.2, 0) is 17.8 Å². The molecular formula is C17H27BrN2O. The minimum atomic E-state index is 0.147. The molecule has 1 saturated heterocycles. The number of halogens is 1. The lowest BCUT2D eigenvalue weighted by Gasteiger charge is -2.33. The zero-order valence-corrected chi connectivity index (χ0v) is 15.2. The SMILES string of the molecule is CC1COCCN1Cc1ccc(CNC(C)(C)C)cc1Br. The van der Waals surface area contributed by atoms with E-state index >= 15 is 0 Å². The average molecular weight is 355 g/mol. The first-order valence-corrected chi connectivity index (χ1v) is 8.48. The van der Waals surface area contributed by atoms with Crippen LogP contribution in [0.25, 0.3) is 0 Å². The molecule has 0 aliphatic carbocycles. The van der Waals surface area contributed by atoms with Gasteiger partial charge in [-0.2, -0.15) is 0 Å². The van der Waals surface area contributed by atoms with Gasteiger partial charge in [0.25, 0.3) is 0 Å². The number of ether oxygens (including phenoxy) is 1. The first kappa shape index (κ1) is 16.9. The Balaban J connectivity index is 1.98. The molecule has 1 unspecified atom stereocenters. The topological polar surface area (TPSA) is 24.5 Å². The highest BCUT2D eigenvalue weighted by Crippen LogP contribution is 2.22. The van der Waals surface area contributed by atoms with Gasteiger partial charge < -0.3 is 10.1 Å². The lowest BCUT2D eigenvalue weighted by Crippen LogP contribution is -2.42. The van der Waals surface area contributed by atoms with E-state index < -0.39 is 0 Å². The molecule has 0 aromatic heterocycles. The summed E-state index contributed by atoms with van der Waals surface area (Å²) in [7, 11) is 0. The third-order valence-corrected chi connectivity index (χ3v) is 4.56. The Bertz CT molecular complexity index is 470. The highest BCUT2D eigenvalue weighted by Gasteiger charge is 2.19. The summed E-state index contributed by atoms with van der Waals surface area (Å²) in [5.74, 6) is 0. The second-order valence-corrected chi connectivity index (χ2v) is 7.78. The van der Waals surface area contributed by atoms with Gasteiger partial charge in [0.2, 0.25) is 0 Å². The standard InChI is InChI=1S/C17H27BrN2O/c1-13-12-21-8-7-20(13)11-15-6-5-14(9-16(15)18)10-19-17(2,3)4/h5-6,9,13,19H,7-8,10-12H2,1-4H3. The number of hydrogen-bond acceptors (Lipinski definition) is 3. The van der Waals surface area contributed by atoms with E-state index in [1.165, 1.54) is 15.6 Å². The van der Waals surface area contributed by atoms with E-state index in [0.29, 0.717) is 6.04 Å². The molecule has 1 atom stereocenters. The van der Waals surface area contributed by atoms with Crippen LogP contribution < -0.4 is 5.32 Å². The fourth-order valence-corrected chi connectivity index (χ4v) is 2.96. The second-order valence-electron chi connectivity index (χ2n) is 6.92. The molecule has 0 radical (unpaired) electrons. The molecule has 1 aromatic rings. The van der Waals surface area contributed by atoms with Gasteiger partial charge in [0.1, 0.15) is 0 Å². The smallest absolute Gasteiger partial charge is 0.0619 e. The van der Waals surface area contributed by atoms with Crippen LogP contribution in [-0.4, -0.2) is 36.2 Å². The number of hydrogen-bond donors (Lipinski definition) is 1. The van der Waals surface area contributed by atoms with Gasteiger partial charge in [0.05, 0.1) is 13.2 Å². The van der Waals surface area contributed by atoms with Crippen molar-refractivity contribution in [3.8, 4) is 0 Å². The molecule has 1 aromatic carbocycles. The van der Waals surface area contributed by atoms with Gasteiger partial charge in [0.15, 0.2) is 0 Å². The number of morpholine rings is 1. The summed E-state index contributed by atoms with van der Waals surface area (Å²) in [5, 5.41) is 3.53. The monoisotopic (exact) mass is 354 g/mol. The summed E-state index contributed by atoms with van der Waals surface area (Å²) < 4.78 is 6.70. The van der Waals surface area contributed by atoms with Gasteiger partial charge in [0, 0.05) is 35.7 Å². The lowest BCUT2D eigenvalue weighted by molar-refractivity contribution is -0.00445. The van der Waals surface area contributed by atoms with E-state index in [2.05, 4.69) is 72.0 Å². The molecule has 0 spiro atoms. The zero-order chi connectivity index (χ0) is 15.5. The summed E-state index contributed by atoms with van der Waals surface area (Å²) in [5.41, 5.74) is 2.81. The van der Waals surface area contributed by atoms with Crippen molar-refractivity contribution < 1.29 is 4.74 Å².